The minimum absolute atomic E-state index is 0.00603. The van der Waals surface area contributed by atoms with Crippen molar-refractivity contribution in [3.63, 3.8) is 0 Å². The van der Waals surface area contributed by atoms with Gasteiger partial charge in [-0.15, -0.1) is 0 Å². The zero-order valence-electron chi connectivity index (χ0n) is 11.1. The van der Waals surface area contributed by atoms with Crippen LogP contribution >= 0.6 is 0 Å². The predicted octanol–water partition coefficient (Wildman–Crippen LogP) is 2.20. The molecule has 1 fully saturated rings. The summed E-state index contributed by atoms with van der Waals surface area (Å²) in [7, 11) is 0. The van der Waals surface area contributed by atoms with E-state index in [9.17, 15) is 4.79 Å². The number of rotatable bonds is 3. The molecule has 1 aliphatic carbocycles. The maximum absolute atomic E-state index is 11.9. The highest BCUT2D eigenvalue weighted by Crippen LogP contribution is 2.29. The highest BCUT2D eigenvalue weighted by Gasteiger charge is 2.31. The molecule has 1 rings (SSSR count). The minimum Gasteiger partial charge on any atom is -0.351 e. The lowest BCUT2D eigenvalue weighted by Gasteiger charge is -2.30. The van der Waals surface area contributed by atoms with Crippen LogP contribution in [0.15, 0.2) is 0 Å². The van der Waals surface area contributed by atoms with Crippen molar-refractivity contribution in [3.8, 4) is 0 Å². The van der Waals surface area contributed by atoms with Crippen LogP contribution in [0, 0.1) is 5.41 Å². The van der Waals surface area contributed by atoms with E-state index in [1.807, 2.05) is 0 Å². The van der Waals surface area contributed by atoms with Crippen LogP contribution in [0.4, 0.5) is 0 Å². The summed E-state index contributed by atoms with van der Waals surface area (Å²) < 4.78 is 0. The maximum atomic E-state index is 11.9. The Bertz CT molecular complexity index is 249. The van der Waals surface area contributed by atoms with E-state index in [1.165, 1.54) is 12.8 Å². The van der Waals surface area contributed by atoms with Gasteiger partial charge in [0.05, 0.1) is 0 Å². The SMILES string of the molecule is CC1(NC(=O)CC(N)C(C)(C)C)CCCC1. The summed E-state index contributed by atoms with van der Waals surface area (Å²) in [6.45, 7) is 8.35. The first-order chi connectivity index (χ1) is 7.23. The van der Waals surface area contributed by atoms with E-state index >= 15 is 0 Å². The lowest BCUT2D eigenvalue weighted by Crippen LogP contribution is -2.47. The van der Waals surface area contributed by atoms with Crippen LogP contribution in [0.3, 0.4) is 0 Å². The van der Waals surface area contributed by atoms with Gasteiger partial charge < -0.3 is 11.1 Å². The molecule has 0 aromatic rings. The number of nitrogens with two attached hydrogens (primary N) is 1. The Labute approximate surface area is 99.2 Å². The Morgan fingerprint density at radius 2 is 1.88 bits per heavy atom. The zero-order valence-corrected chi connectivity index (χ0v) is 11.1. The van der Waals surface area contributed by atoms with Gasteiger partial charge in [0.1, 0.15) is 0 Å². The normalized spacial score (nSPS) is 21.8. The van der Waals surface area contributed by atoms with Crippen LogP contribution in [0.25, 0.3) is 0 Å². The van der Waals surface area contributed by atoms with Gasteiger partial charge in [0.15, 0.2) is 0 Å². The van der Waals surface area contributed by atoms with Crippen LogP contribution in [-0.2, 0) is 4.79 Å². The molecule has 0 aliphatic heterocycles. The Kier molecular flexibility index (Phi) is 4.00. The molecule has 0 spiro atoms. The first-order valence-corrected chi connectivity index (χ1v) is 6.30. The maximum Gasteiger partial charge on any atom is 0.221 e. The molecule has 1 atom stereocenters. The van der Waals surface area contributed by atoms with E-state index in [0.29, 0.717) is 6.42 Å². The lowest BCUT2D eigenvalue weighted by atomic mass is 9.85. The summed E-state index contributed by atoms with van der Waals surface area (Å²) in [6, 6.07) is -0.0718. The molecular weight excluding hydrogens is 200 g/mol. The minimum atomic E-state index is -0.0718. The average molecular weight is 226 g/mol. The molecule has 0 aromatic carbocycles. The van der Waals surface area contributed by atoms with Crippen molar-refractivity contribution in [2.45, 2.75) is 71.4 Å². The molecule has 1 aliphatic rings. The Balaban J connectivity index is 2.41. The van der Waals surface area contributed by atoms with Crippen molar-refractivity contribution >= 4 is 5.91 Å². The average Bonchev–Trinajstić information content (AvgIpc) is 2.49. The Morgan fingerprint density at radius 3 is 2.31 bits per heavy atom. The monoisotopic (exact) mass is 226 g/mol. The number of carbonyl (C=O) groups excluding carboxylic acids is 1. The van der Waals surface area contributed by atoms with Gasteiger partial charge in [-0.3, -0.25) is 4.79 Å². The smallest absolute Gasteiger partial charge is 0.221 e. The first-order valence-electron chi connectivity index (χ1n) is 6.30. The fourth-order valence-electron chi connectivity index (χ4n) is 2.17. The Hall–Kier alpha value is -0.570. The van der Waals surface area contributed by atoms with Crippen LogP contribution in [0.1, 0.15) is 59.8 Å². The summed E-state index contributed by atoms with van der Waals surface area (Å²) in [5.41, 5.74) is 6.02. The summed E-state index contributed by atoms with van der Waals surface area (Å²) in [5.74, 6) is 0.104. The van der Waals surface area contributed by atoms with E-state index in [4.69, 9.17) is 5.73 Å². The molecule has 3 N–H and O–H groups in total. The second-order valence-electron chi connectivity index (χ2n) is 6.49. The van der Waals surface area contributed by atoms with Gasteiger partial charge in [0, 0.05) is 18.0 Å². The number of nitrogens with one attached hydrogen (secondary N) is 1. The second-order valence-corrected chi connectivity index (χ2v) is 6.49. The number of hydrogen-bond donors (Lipinski definition) is 2. The van der Waals surface area contributed by atoms with Crippen molar-refractivity contribution in [1.82, 2.24) is 5.32 Å². The topological polar surface area (TPSA) is 55.1 Å². The van der Waals surface area contributed by atoms with E-state index in [-0.39, 0.29) is 22.9 Å². The van der Waals surface area contributed by atoms with Crippen molar-refractivity contribution in [1.29, 1.82) is 0 Å². The highest BCUT2D eigenvalue weighted by molar-refractivity contribution is 5.77. The van der Waals surface area contributed by atoms with E-state index < -0.39 is 0 Å². The third-order valence-corrected chi connectivity index (χ3v) is 3.67. The number of carbonyl (C=O) groups is 1. The molecule has 1 unspecified atom stereocenters. The summed E-state index contributed by atoms with van der Waals surface area (Å²) in [5, 5.41) is 3.14. The van der Waals surface area contributed by atoms with Crippen molar-refractivity contribution in [2.24, 2.45) is 11.1 Å². The van der Waals surface area contributed by atoms with Gasteiger partial charge in [-0.2, -0.15) is 0 Å². The van der Waals surface area contributed by atoms with Crippen LogP contribution in [0.5, 0.6) is 0 Å². The molecule has 3 nitrogen and oxygen atoms in total. The molecule has 1 saturated carbocycles. The van der Waals surface area contributed by atoms with Crippen molar-refractivity contribution in [2.75, 3.05) is 0 Å². The zero-order chi connectivity index (χ0) is 12.4. The largest absolute Gasteiger partial charge is 0.351 e. The van der Waals surface area contributed by atoms with E-state index in [0.717, 1.165) is 12.8 Å². The Morgan fingerprint density at radius 1 is 1.38 bits per heavy atom. The molecule has 94 valence electrons. The number of hydrogen-bond acceptors (Lipinski definition) is 2. The van der Waals surface area contributed by atoms with Crippen LogP contribution < -0.4 is 11.1 Å². The quantitative estimate of drug-likeness (QED) is 0.775. The van der Waals surface area contributed by atoms with Gasteiger partial charge in [-0.1, -0.05) is 33.6 Å². The highest BCUT2D eigenvalue weighted by atomic mass is 16.1. The second kappa shape index (κ2) is 4.74. The molecule has 0 aromatic heterocycles. The van der Waals surface area contributed by atoms with Crippen LogP contribution in [0.2, 0.25) is 0 Å². The lowest BCUT2D eigenvalue weighted by molar-refractivity contribution is -0.123. The fourth-order valence-corrected chi connectivity index (χ4v) is 2.17. The van der Waals surface area contributed by atoms with E-state index in [2.05, 4.69) is 33.0 Å². The molecule has 0 bridgehead atoms. The predicted molar refractivity (Wildman–Crippen MR) is 67.1 cm³/mol. The number of amides is 1. The molecule has 16 heavy (non-hydrogen) atoms. The van der Waals surface area contributed by atoms with Gasteiger partial charge in [-0.05, 0) is 25.2 Å². The molecule has 1 amide bonds. The van der Waals surface area contributed by atoms with Crippen molar-refractivity contribution < 1.29 is 4.79 Å². The summed E-state index contributed by atoms with van der Waals surface area (Å²) in [4.78, 5) is 11.9. The van der Waals surface area contributed by atoms with E-state index in [1.54, 1.807) is 0 Å². The van der Waals surface area contributed by atoms with Crippen LogP contribution in [-0.4, -0.2) is 17.5 Å². The van der Waals surface area contributed by atoms with Gasteiger partial charge in [0.2, 0.25) is 5.91 Å². The molecule has 0 saturated heterocycles. The molecule has 3 heteroatoms. The third-order valence-electron chi connectivity index (χ3n) is 3.67. The van der Waals surface area contributed by atoms with Gasteiger partial charge in [0.25, 0.3) is 0 Å². The fraction of sp³-hybridized carbons (Fsp3) is 0.923. The first kappa shape index (κ1) is 13.5. The third kappa shape index (κ3) is 3.78. The molecule has 0 heterocycles. The summed E-state index contributed by atoms with van der Waals surface area (Å²) in [6.07, 6.45) is 5.08. The molecular formula is C13H26N2O. The van der Waals surface area contributed by atoms with Gasteiger partial charge in [-0.25, -0.2) is 0 Å². The molecule has 0 radical (unpaired) electrons. The standard InChI is InChI=1S/C13H26N2O/c1-12(2,3)10(14)9-11(16)15-13(4)7-5-6-8-13/h10H,5-9,14H2,1-4H3,(H,15,16). The van der Waals surface area contributed by atoms with Crippen molar-refractivity contribution in [3.05, 3.63) is 0 Å². The summed E-state index contributed by atoms with van der Waals surface area (Å²) >= 11 is 0. The van der Waals surface area contributed by atoms with Gasteiger partial charge >= 0.3 is 0 Å².